The summed E-state index contributed by atoms with van der Waals surface area (Å²) in [5, 5.41) is 0.705. The van der Waals surface area contributed by atoms with Crippen LogP contribution in [0, 0.1) is 17.6 Å². The third-order valence-corrected chi connectivity index (χ3v) is 5.71. The molecular formula is C19H16F2N2OS. The number of halogens is 2. The summed E-state index contributed by atoms with van der Waals surface area (Å²) in [6.07, 6.45) is 6.22. The highest BCUT2D eigenvalue weighted by molar-refractivity contribution is 7.18. The van der Waals surface area contributed by atoms with Crippen molar-refractivity contribution >= 4 is 33.7 Å². The minimum absolute atomic E-state index is 0.137. The van der Waals surface area contributed by atoms with Crippen molar-refractivity contribution in [3.05, 3.63) is 62.0 Å². The van der Waals surface area contributed by atoms with Crippen molar-refractivity contribution in [1.82, 2.24) is 9.97 Å². The standard InChI is InChI=1S/C19H16F2N2OS/c1-10-2-5-12-15(8-10)25-19-17(12)18(24)22-16(23-19)7-4-11-3-6-13(20)14(21)9-11/h3-4,6-7,9-10H,2,5,8H2,1H3,(H,22,23,24)/b7-4+/t10-/m1/s1. The quantitative estimate of drug-likeness (QED) is 0.730. The second kappa shape index (κ2) is 6.19. The van der Waals surface area contributed by atoms with Gasteiger partial charge in [0.05, 0.1) is 5.39 Å². The van der Waals surface area contributed by atoms with E-state index in [1.165, 1.54) is 10.9 Å². The van der Waals surface area contributed by atoms with Gasteiger partial charge in [-0.3, -0.25) is 4.79 Å². The fraction of sp³-hybridized carbons (Fsp3) is 0.263. The van der Waals surface area contributed by atoms with Gasteiger partial charge in [0.1, 0.15) is 10.7 Å². The lowest BCUT2D eigenvalue weighted by Crippen LogP contribution is -2.13. The van der Waals surface area contributed by atoms with Gasteiger partial charge in [0.2, 0.25) is 0 Å². The number of aryl methyl sites for hydroxylation is 1. The molecule has 1 N–H and O–H groups in total. The highest BCUT2D eigenvalue weighted by atomic mass is 32.1. The van der Waals surface area contributed by atoms with Crippen LogP contribution in [0.5, 0.6) is 0 Å². The van der Waals surface area contributed by atoms with E-state index in [9.17, 15) is 13.6 Å². The van der Waals surface area contributed by atoms with E-state index < -0.39 is 11.6 Å². The van der Waals surface area contributed by atoms with Crippen LogP contribution in [0.4, 0.5) is 8.78 Å². The zero-order chi connectivity index (χ0) is 17.6. The summed E-state index contributed by atoms with van der Waals surface area (Å²) in [7, 11) is 0. The number of nitrogens with zero attached hydrogens (tertiary/aromatic N) is 1. The summed E-state index contributed by atoms with van der Waals surface area (Å²) in [6, 6.07) is 3.65. The molecule has 6 heteroatoms. The number of fused-ring (bicyclic) bond motifs is 3. The maximum absolute atomic E-state index is 13.3. The number of hydrogen-bond donors (Lipinski definition) is 1. The van der Waals surface area contributed by atoms with Crippen LogP contribution >= 0.6 is 11.3 Å². The van der Waals surface area contributed by atoms with E-state index in [4.69, 9.17) is 0 Å². The maximum atomic E-state index is 13.3. The second-order valence-electron chi connectivity index (χ2n) is 6.49. The van der Waals surface area contributed by atoms with Crippen LogP contribution in [0.1, 0.15) is 35.2 Å². The Morgan fingerprint density at radius 2 is 2.12 bits per heavy atom. The molecule has 0 unspecified atom stereocenters. The summed E-state index contributed by atoms with van der Waals surface area (Å²) >= 11 is 1.58. The van der Waals surface area contributed by atoms with Crippen molar-refractivity contribution in [3.8, 4) is 0 Å². The van der Waals surface area contributed by atoms with Crippen molar-refractivity contribution in [3.63, 3.8) is 0 Å². The lowest BCUT2D eigenvalue weighted by atomic mass is 9.89. The van der Waals surface area contributed by atoms with E-state index in [0.717, 1.165) is 41.8 Å². The molecule has 0 fully saturated rings. The third kappa shape index (κ3) is 3.02. The minimum atomic E-state index is -0.904. The minimum Gasteiger partial charge on any atom is -0.306 e. The molecule has 0 saturated heterocycles. The van der Waals surface area contributed by atoms with E-state index in [2.05, 4.69) is 16.9 Å². The summed E-state index contributed by atoms with van der Waals surface area (Å²) < 4.78 is 26.2. The molecule has 128 valence electrons. The average Bonchev–Trinajstić information content (AvgIpc) is 2.93. The third-order valence-electron chi connectivity index (χ3n) is 4.56. The molecule has 1 aliphatic carbocycles. The summed E-state index contributed by atoms with van der Waals surface area (Å²) in [4.78, 5) is 21.8. The van der Waals surface area contributed by atoms with Crippen molar-refractivity contribution in [2.75, 3.05) is 0 Å². The van der Waals surface area contributed by atoms with Crippen molar-refractivity contribution in [2.24, 2.45) is 5.92 Å². The van der Waals surface area contributed by atoms with Gasteiger partial charge in [-0.25, -0.2) is 13.8 Å². The molecule has 2 aromatic heterocycles. The largest absolute Gasteiger partial charge is 0.306 e. The lowest BCUT2D eigenvalue weighted by molar-refractivity contribution is 0.508. The SMILES string of the molecule is C[C@@H]1CCc2c(sc3nc(/C=C/c4ccc(F)c(F)c4)[nH]c(=O)c23)C1. The molecule has 25 heavy (non-hydrogen) atoms. The van der Waals surface area contributed by atoms with Crippen LogP contribution in [0.2, 0.25) is 0 Å². The van der Waals surface area contributed by atoms with Crippen molar-refractivity contribution in [1.29, 1.82) is 0 Å². The van der Waals surface area contributed by atoms with Gasteiger partial charge >= 0.3 is 0 Å². The van der Waals surface area contributed by atoms with Gasteiger partial charge in [0.15, 0.2) is 11.6 Å². The van der Waals surface area contributed by atoms with Crippen LogP contribution in [-0.2, 0) is 12.8 Å². The molecule has 0 bridgehead atoms. The molecule has 3 nitrogen and oxygen atoms in total. The number of aromatic nitrogens is 2. The highest BCUT2D eigenvalue weighted by Crippen LogP contribution is 2.35. The van der Waals surface area contributed by atoms with Gasteiger partial charge < -0.3 is 4.98 Å². The van der Waals surface area contributed by atoms with Crippen LogP contribution in [0.3, 0.4) is 0 Å². The Labute approximate surface area is 147 Å². The fourth-order valence-electron chi connectivity index (χ4n) is 3.24. The lowest BCUT2D eigenvalue weighted by Gasteiger charge is -2.17. The first kappa shape index (κ1) is 16.1. The monoisotopic (exact) mass is 358 g/mol. The van der Waals surface area contributed by atoms with E-state index in [0.29, 0.717) is 22.7 Å². The van der Waals surface area contributed by atoms with Crippen LogP contribution in [0.25, 0.3) is 22.4 Å². The Morgan fingerprint density at radius 3 is 2.92 bits per heavy atom. The molecule has 0 saturated carbocycles. The summed E-state index contributed by atoms with van der Waals surface area (Å²) in [5.74, 6) is -0.746. The summed E-state index contributed by atoms with van der Waals surface area (Å²) in [5.41, 5.74) is 1.51. The summed E-state index contributed by atoms with van der Waals surface area (Å²) in [6.45, 7) is 2.22. The Kier molecular flexibility index (Phi) is 4.00. The molecule has 0 amide bonds. The molecule has 1 aromatic carbocycles. The van der Waals surface area contributed by atoms with Gasteiger partial charge in [-0.1, -0.05) is 19.1 Å². The number of H-pyrrole nitrogens is 1. The zero-order valence-electron chi connectivity index (χ0n) is 13.6. The Morgan fingerprint density at radius 1 is 1.28 bits per heavy atom. The smallest absolute Gasteiger partial charge is 0.260 e. The van der Waals surface area contributed by atoms with E-state index in [-0.39, 0.29) is 5.56 Å². The Hall–Kier alpha value is -2.34. The van der Waals surface area contributed by atoms with Gasteiger partial charge in [-0.15, -0.1) is 11.3 Å². The van der Waals surface area contributed by atoms with Crippen LogP contribution in [0.15, 0.2) is 23.0 Å². The number of nitrogens with one attached hydrogen (secondary N) is 1. The number of thiophene rings is 1. The molecule has 2 heterocycles. The topological polar surface area (TPSA) is 45.8 Å². The zero-order valence-corrected chi connectivity index (χ0v) is 14.4. The first-order valence-electron chi connectivity index (χ1n) is 8.19. The average molecular weight is 358 g/mol. The number of aromatic amines is 1. The molecule has 0 radical (unpaired) electrons. The van der Waals surface area contributed by atoms with Crippen molar-refractivity contribution in [2.45, 2.75) is 26.2 Å². The Balaban J connectivity index is 1.72. The molecular weight excluding hydrogens is 342 g/mol. The fourth-order valence-corrected chi connectivity index (χ4v) is 4.63. The van der Waals surface area contributed by atoms with Crippen molar-refractivity contribution < 1.29 is 8.78 Å². The maximum Gasteiger partial charge on any atom is 0.260 e. The van der Waals surface area contributed by atoms with Gasteiger partial charge in [0, 0.05) is 4.88 Å². The normalized spacial score (nSPS) is 17.3. The number of rotatable bonds is 2. The van der Waals surface area contributed by atoms with E-state index >= 15 is 0 Å². The predicted molar refractivity (Wildman–Crippen MR) is 96.7 cm³/mol. The Bertz CT molecular complexity index is 1050. The molecule has 3 aromatic rings. The molecule has 0 aliphatic heterocycles. The first-order valence-corrected chi connectivity index (χ1v) is 9.00. The van der Waals surface area contributed by atoms with Crippen LogP contribution in [-0.4, -0.2) is 9.97 Å². The van der Waals surface area contributed by atoms with Gasteiger partial charge in [-0.05, 0) is 54.5 Å². The van der Waals surface area contributed by atoms with Gasteiger partial charge in [0.25, 0.3) is 5.56 Å². The van der Waals surface area contributed by atoms with E-state index in [1.54, 1.807) is 23.5 Å². The first-order chi connectivity index (χ1) is 12.0. The second-order valence-corrected chi connectivity index (χ2v) is 7.57. The molecule has 4 rings (SSSR count). The van der Waals surface area contributed by atoms with Gasteiger partial charge in [-0.2, -0.15) is 0 Å². The highest BCUT2D eigenvalue weighted by Gasteiger charge is 2.22. The number of hydrogen-bond acceptors (Lipinski definition) is 3. The molecule has 1 atom stereocenters. The molecule has 0 spiro atoms. The number of benzene rings is 1. The predicted octanol–water partition coefficient (Wildman–Crippen LogP) is 4.56. The van der Waals surface area contributed by atoms with E-state index in [1.807, 2.05) is 0 Å². The van der Waals surface area contributed by atoms with Crippen LogP contribution < -0.4 is 5.56 Å². The molecule has 1 aliphatic rings.